The van der Waals surface area contributed by atoms with E-state index in [1.165, 1.54) is 0 Å². The van der Waals surface area contributed by atoms with Gasteiger partial charge in [-0.2, -0.15) is 0 Å². The molecule has 0 radical (unpaired) electrons. The van der Waals surface area contributed by atoms with Gasteiger partial charge in [-0.25, -0.2) is 0 Å². The largest absolute Gasteiger partial charge is 0.396 e. The lowest BCUT2D eigenvalue weighted by Crippen LogP contribution is -2.37. The minimum Gasteiger partial charge on any atom is -0.396 e. The van der Waals surface area contributed by atoms with Crippen molar-refractivity contribution in [1.29, 1.82) is 0 Å². The van der Waals surface area contributed by atoms with Crippen LogP contribution in [0.25, 0.3) is 0 Å². The minimum atomic E-state index is -0.619. The number of aliphatic hydroxyl groups is 1. The summed E-state index contributed by atoms with van der Waals surface area (Å²) in [4.78, 5) is 23.3. The molecule has 0 bridgehead atoms. The lowest BCUT2D eigenvalue weighted by atomic mass is 9.68. The SMILES string of the molecule is O=C1CCC(=O)C12CCC(CO)CC2. The zero-order valence-corrected chi connectivity index (χ0v) is 8.29. The number of hydrogen-bond acceptors (Lipinski definition) is 3. The molecular weight excluding hydrogens is 180 g/mol. The Morgan fingerprint density at radius 1 is 1.14 bits per heavy atom. The fourth-order valence-corrected chi connectivity index (χ4v) is 2.77. The maximum atomic E-state index is 11.7. The van der Waals surface area contributed by atoms with E-state index >= 15 is 0 Å². The van der Waals surface area contributed by atoms with E-state index in [4.69, 9.17) is 5.11 Å². The van der Waals surface area contributed by atoms with E-state index in [-0.39, 0.29) is 18.2 Å². The standard InChI is InChI=1S/C11H16O3/c12-7-8-3-5-11(6-4-8)9(13)1-2-10(11)14/h8,12H,1-7H2. The molecule has 2 aliphatic rings. The van der Waals surface area contributed by atoms with Gasteiger partial charge in [0, 0.05) is 19.4 Å². The van der Waals surface area contributed by atoms with E-state index < -0.39 is 5.41 Å². The van der Waals surface area contributed by atoms with Gasteiger partial charge in [-0.1, -0.05) is 0 Å². The summed E-state index contributed by atoms with van der Waals surface area (Å²) >= 11 is 0. The van der Waals surface area contributed by atoms with Gasteiger partial charge in [-0.05, 0) is 31.6 Å². The highest BCUT2D eigenvalue weighted by atomic mass is 16.3. The molecule has 0 heterocycles. The van der Waals surface area contributed by atoms with Crippen molar-refractivity contribution in [3.63, 3.8) is 0 Å². The van der Waals surface area contributed by atoms with Gasteiger partial charge >= 0.3 is 0 Å². The van der Waals surface area contributed by atoms with Gasteiger partial charge < -0.3 is 5.11 Å². The Hall–Kier alpha value is -0.700. The molecular formula is C11H16O3. The first-order valence-electron chi connectivity index (χ1n) is 5.36. The molecule has 1 N–H and O–H groups in total. The molecule has 0 aromatic heterocycles. The Bertz CT molecular complexity index is 244. The average molecular weight is 196 g/mol. The van der Waals surface area contributed by atoms with Crippen LogP contribution in [0.5, 0.6) is 0 Å². The van der Waals surface area contributed by atoms with Gasteiger partial charge in [0.2, 0.25) is 0 Å². The molecule has 0 unspecified atom stereocenters. The third kappa shape index (κ3) is 1.31. The Kier molecular flexibility index (Phi) is 2.43. The van der Waals surface area contributed by atoms with Crippen LogP contribution in [0, 0.1) is 11.3 Å². The molecule has 3 nitrogen and oxygen atoms in total. The van der Waals surface area contributed by atoms with Crippen molar-refractivity contribution in [3.8, 4) is 0 Å². The van der Waals surface area contributed by atoms with Gasteiger partial charge in [-0.15, -0.1) is 0 Å². The predicted molar refractivity (Wildman–Crippen MR) is 50.7 cm³/mol. The topological polar surface area (TPSA) is 54.4 Å². The van der Waals surface area contributed by atoms with E-state index in [0.717, 1.165) is 12.8 Å². The number of hydrogen-bond donors (Lipinski definition) is 1. The molecule has 0 saturated heterocycles. The molecule has 0 amide bonds. The van der Waals surface area contributed by atoms with Crippen molar-refractivity contribution in [2.75, 3.05) is 6.61 Å². The van der Waals surface area contributed by atoms with E-state index in [1.54, 1.807) is 0 Å². The second-order valence-corrected chi connectivity index (χ2v) is 4.55. The number of aliphatic hydroxyl groups excluding tert-OH is 1. The summed E-state index contributed by atoms with van der Waals surface area (Å²) in [7, 11) is 0. The molecule has 3 heteroatoms. The number of Topliss-reactive ketones (excluding diaryl/α,β-unsaturated/α-hetero) is 2. The van der Waals surface area contributed by atoms with E-state index in [1.807, 2.05) is 0 Å². The Morgan fingerprint density at radius 2 is 1.64 bits per heavy atom. The number of carbonyl (C=O) groups excluding carboxylic acids is 2. The van der Waals surface area contributed by atoms with Crippen LogP contribution in [0.1, 0.15) is 38.5 Å². The van der Waals surface area contributed by atoms with E-state index in [2.05, 4.69) is 0 Å². The first kappa shape index (κ1) is 9.84. The molecule has 0 aromatic rings. The zero-order valence-electron chi connectivity index (χ0n) is 8.29. The predicted octanol–water partition coefficient (Wildman–Crippen LogP) is 1.09. The number of ketones is 2. The van der Waals surface area contributed by atoms with Crippen LogP contribution in [-0.2, 0) is 9.59 Å². The van der Waals surface area contributed by atoms with Crippen molar-refractivity contribution in [2.24, 2.45) is 11.3 Å². The summed E-state index contributed by atoms with van der Waals surface area (Å²) in [6.45, 7) is 0.193. The summed E-state index contributed by atoms with van der Waals surface area (Å²) in [5.74, 6) is 0.611. The quantitative estimate of drug-likeness (QED) is 0.639. The van der Waals surface area contributed by atoms with Gasteiger partial charge in [0.1, 0.15) is 11.6 Å². The summed E-state index contributed by atoms with van der Waals surface area (Å²) in [6, 6.07) is 0. The van der Waals surface area contributed by atoms with Crippen LogP contribution >= 0.6 is 0 Å². The average Bonchev–Trinajstić information content (AvgIpc) is 2.49. The third-order valence-corrected chi connectivity index (χ3v) is 3.86. The van der Waals surface area contributed by atoms with Crippen LogP contribution in [-0.4, -0.2) is 23.3 Å². The maximum Gasteiger partial charge on any atom is 0.146 e. The molecule has 2 aliphatic carbocycles. The number of rotatable bonds is 1. The van der Waals surface area contributed by atoms with Gasteiger partial charge in [-0.3, -0.25) is 9.59 Å². The van der Waals surface area contributed by atoms with Crippen LogP contribution in [0.15, 0.2) is 0 Å². The van der Waals surface area contributed by atoms with Crippen LogP contribution in [0.3, 0.4) is 0 Å². The lowest BCUT2D eigenvalue weighted by Gasteiger charge is -2.33. The highest BCUT2D eigenvalue weighted by Crippen LogP contribution is 2.45. The smallest absolute Gasteiger partial charge is 0.146 e. The van der Waals surface area contributed by atoms with Gasteiger partial charge in [0.25, 0.3) is 0 Å². The van der Waals surface area contributed by atoms with E-state index in [9.17, 15) is 9.59 Å². The maximum absolute atomic E-state index is 11.7. The molecule has 1 spiro atoms. The fraction of sp³-hybridized carbons (Fsp3) is 0.818. The first-order chi connectivity index (χ1) is 6.69. The number of carbonyl (C=O) groups is 2. The third-order valence-electron chi connectivity index (χ3n) is 3.86. The minimum absolute atomic E-state index is 0.152. The Balaban J connectivity index is 2.11. The molecule has 2 fully saturated rings. The van der Waals surface area contributed by atoms with Crippen molar-refractivity contribution >= 4 is 11.6 Å². The Labute approximate surface area is 83.5 Å². The second kappa shape index (κ2) is 3.46. The van der Waals surface area contributed by atoms with Crippen LogP contribution in [0.2, 0.25) is 0 Å². The fourth-order valence-electron chi connectivity index (χ4n) is 2.77. The molecule has 2 rings (SSSR count). The van der Waals surface area contributed by atoms with Crippen molar-refractivity contribution in [2.45, 2.75) is 38.5 Å². The highest BCUT2D eigenvalue weighted by molar-refractivity contribution is 6.12. The summed E-state index contributed by atoms with van der Waals surface area (Å²) in [5.41, 5.74) is -0.619. The zero-order chi connectivity index (χ0) is 10.2. The highest BCUT2D eigenvalue weighted by Gasteiger charge is 2.50. The summed E-state index contributed by atoms with van der Waals surface area (Å²) in [6.07, 6.45) is 3.90. The van der Waals surface area contributed by atoms with Gasteiger partial charge in [0.05, 0.1) is 5.41 Å². The van der Waals surface area contributed by atoms with Crippen molar-refractivity contribution in [3.05, 3.63) is 0 Å². The second-order valence-electron chi connectivity index (χ2n) is 4.55. The summed E-state index contributed by atoms with van der Waals surface area (Å²) in [5, 5.41) is 8.98. The molecule has 2 saturated carbocycles. The molecule has 0 aliphatic heterocycles. The summed E-state index contributed by atoms with van der Waals surface area (Å²) < 4.78 is 0. The first-order valence-corrected chi connectivity index (χ1v) is 5.36. The monoisotopic (exact) mass is 196 g/mol. The molecule has 0 aromatic carbocycles. The van der Waals surface area contributed by atoms with E-state index in [0.29, 0.717) is 31.6 Å². The van der Waals surface area contributed by atoms with Crippen LogP contribution < -0.4 is 0 Å². The van der Waals surface area contributed by atoms with Gasteiger partial charge in [0.15, 0.2) is 0 Å². The molecule has 0 atom stereocenters. The van der Waals surface area contributed by atoms with Crippen molar-refractivity contribution in [1.82, 2.24) is 0 Å². The normalized spacial score (nSPS) is 27.5. The molecule has 78 valence electrons. The molecule has 14 heavy (non-hydrogen) atoms. The van der Waals surface area contributed by atoms with Crippen LogP contribution in [0.4, 0.5) is 0 Å². The lowest BCUT2D eigenvalue weighted by molar-refractivity contribution is -0.137. The Morgan fingerprint density at radius 3 is 2.07 bits per heavy atom. The van der Waals surface area contributed by atoms with Crippen molar-refractivity contribution < 1.29 is 14.7 Å².